The first-order valence-electron chi connectivity index (χ1n) is 27.8. The first-order chi connectivity index (χ1) is 31.0. The van der Waals surface area contributed by atoms with Crippen molar-refractivity contribution in [1.82, 2.24) is 0 Å². The SMILES string of the molecule is CCCCCCC/C=C\C/C=C\CCCCCCCCCCCCCCCCCCCCCCCC(=O)OCC(COC(=O)CCCCCCC)OC(=O)CCCCCCCCC. The van der Waals surface area contributed by atoms with Crippen LogP contribution in [0.3, 0.4) is 0 Å². The summed E-state index contributed by atoms with van der Waals surface area (Å²) in [6.07, 6.45) is 61.2. The molecule has 6 nitrogen and oxygen atoms in total. The van der Waals surface area contributed by atoms with Crippen molar-refractivity contribution >= 4 is 17.9 Å². The van der Waals surface area contributed by atoms with Gasteiger partial charge in [0.05, 0.1) is 0 Å². The summed E-state index contributed by atoms with van der Waals surface area (Å²) in [5, 5.41) is 0. The van der Waals surface area contributed by atoms with Crippen LogP contribution < -0.4 is 0 Å². The fourth-order valence-corrected chi connectivity index (χ4v) is 8.24. The number of ether oxygens (including phenoxy) is 3. The van der Waals surface area contributed by atoms with E-state index in [2.05, 4.69) is 45.1 Å². The van der Waals surface area contributed by atoms with Crippen molar-refractivity contribution in [3.05, 3.63) is 24.3 Å². The van der Waals surface area contributed by atoms with Crippen LogP contribution in [0.1, 0.15) is 303 Å². The summed E-state index contributed by atoms with van der Waals surface area (Å²) >= 11 is 0. The Morgan fingerprint density at radius 2 is 0.571 bits per heavy atom. The quantitative estimate of drug-likeness (QED) is 0.0262. The molecule has 1 atom stereocenters. The van der Waals surface area contributed by atoms with Crippen molar-refractivity contribution in [3.63, 3.8) is 0 Å². The topological polar surface area (TPSA) is 78.9 Å². The van der Waals surface area contributed by atoms with E-state index in [0.717, 1.165) is 70.6 Å². The number of esters is 3. The van der Waals surface area contributed by atoms with Crippen LogP contribution in [0.5, 0.6) is 0 Å². The molecule has 0 saturated heterocycles. The maximum atomic E-state index is 12.6. The molecule has 0 N–H and O–H groups in total. The predicted molar refractivity (Wildman–Crippen MR) is 270 cm³/mol. The average molecular weight is 887 g/mol. The Morgan fingerprint density at radius 1 is 0.317 bits per heavy atom. The second-order valence-corrected chi connectivity index (χ2v) is 18.9. The van der Waals surface area contributed by atoms with E-state index in [0.29, 0.717) is 19.3 Å². The van der Waals surface area contributed by atoms with Crippen molar-refractivity contribution in [2.75, 3.05) is 13.2 Å². The normalized spacial score (nSPS) is 12.1. The molecule has 0 aromatic rings. The van der Waals surface area contributed by atoms with E-state index < -0.39 is 6.10 Å². The van der Waals surface area contributed by atoms with E-state index in [1.165, 1.54) is 193 Å². The van der Waals surface area contributed by atoms with Gasteiger partial charge in [-0.3, -0.25) is 14.4 Å². The van der Waals surface area contributed by atoms with Crippen molar-refractivity contribution in [3.8, 4) is 0 Å². The van der Waals surface area contributed by atoms with Gasteiger partial charge in [-0.1, -0.05) is 257 Å². The molecule has 0 aliphatic rings. The third kappa shape index (κ3) is 50.7. The molecule has 0 spiro atoms. The lowest BCUT2D eigenvalue weighted by Gasteiger charge is -2.18. The summed E-state index contributed by atoms with van der Waals surface area (Å²) in [5.74, 6) is -0.877. The minimum absolute atomic E-state index is 0.0669. The van der Waals surface area contributed by atoms with Crippen LogP contribution in [0.15, 0.2) is 24.3 Å². The maximum absolute atomic E-state index is 12.6. The molecular formula is C57H106O6. The van der Waals surface area contributed by atoms with Crippen LogP contribution in [0.4, 0.5) is 0 Å². The molecule has 0 aliphatic carbocycles. The Balaban J connectivity index is 3.74. The second-order valence-electron chi connectivity index (χ2n) is 18.9. The van der Waals surface area contributed by atoms with Gasteiger partial charge in [-0.05, 0) is 51.4 Å². The molecular weight excluding hydrogens is 781 g/mol. The number of hydrogen-bond acceptors (Lipinski definition) is 6. The van der Waals surface area contributed by atoms with Crippen molar-refractivity contribution in [2.45, 2.75) is 309 Å². The van der Waals surface area contributed by atoms with Gasteiger partial charge in [0.1, 0.15) is 13.2 Å². The Morgan fingerprint density at radius 3 is 0.873 bits per heavy atom. The number of hydrogen-bond donors (Lipinski definition) is 0. The van der Waals surface area contributed by atoms with Crippen LogP contribution in [0.2, 0.25) is 0 Å². The lowest BCUT2D eigenvalue weighted by molar-refractivity contribution is -0.167. The van der Waals surface area contributed by atoms with Gasteiger partial charge in [-0.15, -0.1) is 0 Å². The zero-order valence-corrected chi connectivity index (χ0v) is 42.4. The summed E-state index contributed by atoms with van der Waals surface area (Å²) in [6, 6.07) is 0. The highest BCUT2D eigenvalue weighted by Crippen LogP contribution is 2.17. The van der Waals surface area contributed by atoms with Gasteiger partial charge in [0, 0.05) is 19.3 Å². The molecule has 0 radical (unpaired) electrons. The van der Waals surface area contributed by atoms with E-state index in [-0.39, 0.29) is 31.1 Å². The molecule has 370 valence electrons. The molecule has 0 rings (SSSR count). The summed E-state index contributed by atoms with van der Waals surface area (Å²) in [4.78, 5) is 37.4. The van der Waals surface area contributed by atoms with Crippen LogP contribution >= 0.6 is 0 Å². The smallest absolute Gasteiger partial charge is 0.306 e. The first-order valence-corrected chi connectivity index (χ1v) is 27.8. The lowest BCUT2D eigenvalue weighted by Crippen LogP contribution is -2.30. The van der Waals surface area contributed by atoms with Gasteiger partial charge in [0.25, 0.3) is 0 Å². The monoisotopic (exact) mass is 887 g/mol. The number of unbranched alkanes of at least 4 members (excludes halogenated alkanes) is 36. The standard InChI is InChI=1S/C57H106O6/c1-4-7-10-13-15-16-17-18-19-20-21-22-23-24-25-26-27-28-29-30-31-32-33-34-35-36-37-38-39-40-42-44-47-50-56(59)62-53-54(52-61-55(58)49-46-43-12-9-6-3)63-57(60)51-48-45-41-14-11-8-5-2/h17-18,20-21,54H,4-16,19,22-53H2,1-3H3/b18-17-,21-20-. The molecule has 0 bridgehead atoms. The minimum atomic E-state index is -0.759. The third-order valence-corrected chi connectivity index (χ3v) is 12.5. The number of rotatable bonds is 51. The highest BCUT2D eigenvalue weighted by Gasteiger charge is 2.19. The summed E-state index contributed by atoms with van der Waals surface area (Å²) < 4.78 is 16.6. The summed E-state index contributed by atoms with van der Waals surface area (Å²) in [6.45, 7) is 6.52. The molecule has 0 fully saturated rings. The molecule has 1 unspecified atom stereocenters. The molecule has 0 aromatic heterocycles. The molecule has 0 aliphatic heterocycles. The maximum Gasteiger partial charge on any atom is 0.306 e. The first kappa shape index (κ1) is 60.9. The zero-order valence-electron chi connectivity index (χ0n) is 42.4. The minimum Gasteiger partial charge on any atom is -0.462 e. The van der Waals surface area contributed by atoms with Crippen LogP contribution in [-0.2, 0) is 28.6 Å². The molecule has 0 amide bonds. The Labute approximate surface area is 392 Å². The van der Waals surface area contributed by atoms with Gasteiger partial charge in [-0.25, -0.2) is 0 Å². The number of carbonyl (C=O) groups is 3. The molecule has 0 saturated carbocycles. The highest BCUT2D eigenvalue weighted by atomic mass is 16.6. The summed E-state index contributed by atoms with van der Waals surface area (Å²) in [7, 11) is 0. The van der Waals surface area contributed by atoms with Gasteiger partial charge in [0.2, 0.25) is 0 Å². The van der Waals surface area contributed by atoms with E-state index in [4.69, 9.17) is 14.2 Å². The fourth-order valence-electron chi connectivity index (χ4n) is 8.24. The van der Waals surface area contributed by atoms with Crippen LogP contribution in [0.25, 0.3) is 0 Å². The highest BCUT2D eigenvalue weighted by molar-refractivity contribution is 5.71. The van der Waals surface area contributed by atoms with E-state index in [9.17, 15) is 14.4 Å². The third-order valence-electron chi connectivity index (χ3n) is 12.5. The Kier molecular flexibility index (Phi) is 50.8. The van der Waals surface area contributed by atoms with E-state index in [1.807, 2.05) is 0 Å². The Bertz CT molecular complexity index is 1020. The second kappa shape index (κ2) is 52.5. The van der Waals surface area contributed by atoms with Gasteiger partial charge in [-0.2, -0.15) is 0 Å². The number of allylic oxidation sites excluding steroid dienone is 4. The molecule has 63 heavy (non-hydrogen) atoms. The van der Waals surface area contributed by atoms with Crippen molar-refractivity contribution in [1.29, 1.82) is 0 Å². The Hall–Kier alpha value is -2.11. The van der Waals surface area contributed by atoms with E-state index >= 15 is 0 Å². The molecule has 0 heterocycles. The largest absolute Gasteiger partial charge is 0.462 e. The van der Waals surface area contributed by atoms with Gasteiger partial charge < -0.3 is 14.2 Å². The lowest BCUT2D eigenvalue weighted by atomic mass is 10.0. The molecule has 6 heteroatoms. The fraction of sp³-hybridized carbons (Fsp3) is 0.877. The zero-order chi connectivity index (χ0) is 45.8. The average Bonchev–Trinajstić information content (AvgIpc) is 3.28. The van der Waals surface area contributed by atoms with Gasteiger partial charge in [0.15, 0.2) is 6.10 Å². The predicted octanol–water partition coefficient (Wildman–Crippen LogP) is 18.3. The number of carbonyl (C=O) groups excluding carboxylic acids is 3. The van der Waals surface area contributed by atoms with Crippen molar-refractivity contribution < 1.29 is 28.6 Å². The van der Waals surface area contributed by atoms with Crippen LogP contribution in [-0.4, -0.2) is 37.2 Å². The van der Waals surface area contributed by atoms with Gasteiger partial charge >= 0.3 is 17.9 Å². The van der Waals surface area contributed by atoms with Crippen molar-refractivity contribution in [2.24, 2.45) is 0 Å². The van der Waals surface area contributed by atoms with Crippen LogP contribution in [0, 0.1) is 0 Å². The van der Waals surface area contributed by atoms with E-state index in [1.54, 1.807) is 0 Å². The molecule has 0 aromatic carbocycles. The summed E-state index contributed by atoms with van der Waals surface area (Å²) in [5.41, 5.74) is 0.